The molecule has 0 unspecified atom stereocenters. The van der Waals surface area contributed by atoms with Crippen LogP contribution in [-0.2, 0) is 11.8 Å². The zero-order valence-electron chi connectivity index (χ0n) is 9.57. The Balaban J connectivity index is 2.54. The van der Waals surface area contributed by atoms with E-state index in [0.717, 1.165) is 36.1 Å². The molecule has 0 heterocycles. The second kappa shape index (κ2) is 4.44. The number of hydrogen-bond donors (Lipinski definition) is 2. The molecule has 1 aliphatic rings. The summed E-state index contributed by atoms with van der Waals surface area (Å²) in [5.41, 5.74) is 1.70. The molecule has 3 heteroatoms. The van der Waals surface area contributed by atoms with E-state index in [-0.39, 0.29) is 13.2 Å². The molecular formula is C13H18O3. The van der Waals surface area contributed by atoms with Crippen LogP contribution in [0.5, 0.6) is 5.75 Å². The topological polar surface area (TPSA) is 49.7 Å². The molecule has 0 fully saturated rings. The maximum atomic E-state index is 9.55. The lowest BCUT2D eigenvalue weighted by molar-refractivity contribution is 0.102. The van der Waals surface area contributed by atoms with Gasteiger partial charge in [-0.25, -0.2) is 0 Å². The van der Waals surface area contributed by atoms with Crippen molar-refractivity contribution in [3.63, 3.8) is 0 Å². The average Bonchev–Trinajstić information content (AvgIpc) is 2.37. The molecule has 0 bridgehead atoms. The van der Waals surface area contributed by atoms with Crippen molar-refractivity contribution in [1.82, 2.24) is 0 Å². The van der Waals surface area contributed by atoms with Crippen molar-refractivity contribution < 1.29 is 14.9 Å². The Labute approximate surface area is 95.7 Å². The summed E-state index contributed by atoms with van der Waals surface area (Å²) in [6.07, 6.45) is 2.77. The molecular weight excluding hydrogens is 204 g/mol. The van der Waals surface area contributed by atoms with Crippen molar-refractivity contribution in [2.75, 3.05) is 20.3 Å². The minimum Gasteiger partial charge on any atom is -0.496 e. The zero-order chi connectivity index (χ0) is 11.6. The fourth-order valence-electron chi connectivity index (χ4n) is 2.63. The molecule has 0 aliphatic heterocycles. The maximum Gasteiger partial charge on any atom is 0.122 e. The van der Waals surface area contributed by atoms with Crippen molar-refractivity contribution in [1.29, 1.82) is 0 Å². The fourth-order valence-corrected chi connectivity index (χ4v) is 2.63. The van der Waals surface area contributed by atoms with E-state index in [1.54, 1.807) is 7.11 Å². The number of methoxy groups -OCH3 is 1. The first kappa shape index (κ1) is 11.4. The Morgan fingerprint density at radius 1 is 1.31 bits per heavy atom. The first-order valence-corrected chi connectivity index (χ1v) is 5.65. The summed E-state index contributed by atoms with van der Waals surface area (Å²) >= 11 is 0. The molecule has 0 atom stereocenters. The van der Waals surface area contributed by atoms with Gasteiger partial charge in [-0.2, -0.15) is 0 Å². The van der Waals surface area contributed by atoms with Gasteiger partial charge in [0.15, 0.2) is 0 Å². The van der Waals surface area contributed by atoms with Gasteiger partial charge in [-0.3, -0.25) is 0 Å². The number of rotatable bonds is 3. The van der Waals surface area contributed by atoms with Crippen LogP contribution < -0.4 is 4.74 Å². The second-order valence-corrected chi connectivity index (χ2v) is 4.44. The van der Waals surface area contributed by atoms with Crippen LogP contribution in [0, 0.1) is 0 Å². The molecule has 0 amide bonds. The van der Waals surface area contributed by atoms with Crippen LogP contribution in [0.3, 0.4) is 0 Å². The summed E-state index contributed by atoms with van der Waals surface area (Å²) < 4.78 is 5.33. The smallest absolute Gasteiger partial charge is 0.122 e. The van der Waals surface area contributed by atoms with Crippen LogP contribution in [0.2, 0.25) is 0 Å². The molecule has 1 aromatic rings. The predicted octanol–water partition coefficient (Wildman–Crippen LogP) is 1.25. The molecule has 0 aromatic heterocycles. The van der Waals surface area contributed by atoms with E-state index in [1.165, 1.54) is 0 Å². The number of hydrogen-bond acceptors (Lipinski definition) is 3. The molecule has 0 saturated carbocycles. The van der Waals surface area contributed by atoms with Gasteiger partial charge < -0.3 is 14.9 Å². The number of aliphatic hydroxyl groups excluding tert-OH is 2. The number of ether oxygens (including phenoxy) is 1. The molecule has 3 nitrogen and oxygen atoms in total. The van der Waals surface area contributed by atoms with Crippen LogP contribution in [0.25, 0.3) is 0 Å². The highest BCUT2D eigenvalue weighted by Gasteiger charge is 2.36. The first-order valence-electron chi connectivity index (χ1n) is 5.65. The Morgan fingerprint density at radius 2 is 2.06 bits per heavy atom. The van der Waals surface area contributed by atoms with Crippen molar-refractivity contribution in [3.8, 4) is 5.75 Å². The number of aliphatic hydroxyl groups is 2. The highest BCUT2D eigenvalue weighted by atomic mass is 16.5. The van der Waals surface area contributed by atoms with Gasteiger partial charge in [0.25, 0.3) is 0 Å². The van der Waals surface area contributed by atoms with Gasteiger partial charge in [-0.05, 0) is 36.5 Å². The molecule has 2 N–H and O–H groups in total. The van der Waals surface area contributed by atoms with Crippen LogP contribution in [-0.4, -0.2) is 30.5 Å². The number of fused-ring (bicyclic) bond motifs is 1. The normalized spacial score (nSPS) is 17.9. The second-order valence-electron chi connectivity index (χ2n) is 4.44. The van der Waals surface area contributed by atoms with E-state index in [0.29, 0.717) is 0 Å². The molecule has 0 saturated heterocycles. The summed E-state index contributed by atoms with van der Waals surface area (Å²) in [6.45, 7) is -0.0205. The van der Waals surface area contributed by atoms with E-state index < -0.39 is 5.41 Å². The summed E-state index contributed by atoms with van der Waals surface area (Å²) in [5.74, 6) is 0.864. The summed E-state index contributed by atoms with van der Waals surface area (Å²) in [5, 5.41) is 19.1. The van der Waals surface area contributed by atoms with Crippen LogP contribution in [0.15, 0.2) is 18.2 Å². The Bertz CT molecular complexity index is 369. The minimum absolute atomic E-state index is 0.0103. The molecule has 1 aliphatic carbocycles. The first-order chi connectivity index (χ1) is 7.77. The van der Waals surface area contributed by atoms with Gasteiger partial charge in [0.05, 0.1) is 20.3 Å². The van der Waals surface area contributed by atoms with Gasteiger partial charge >= 0.3 is 0 Å². The third-order valence-electron chi connectivity index (χ3n) is 3.61. The molecule has 0 spiro atoms. The van der Waals surface area contributed by atoms with E-state index in [4.69, 9.17) is 4.74 Å². The molecule has 0 radical (unpaired) electrons. The lowest BCUT2D eigenvalue weighted by atomic mass is 9.71. The standard InChI is InChI=1S/C13H18O3/c1-16-12-6-2-5-11-10(12)4-3-7-13(11,8-14)9-15/h2,5-6,14-15H,3-4,7-9H2,1H3. The van der Waals surface area contributed by atoms with Crippen LogP contribution >= 0.6 is 0 Å². The van der Waals surface area contributed by atoms with Gasteiger partial charge in [0.1, 0.15) is 5.75 Å². The van der Waals surface area contributed by atoms with Crippen molar-refractivity contribution in [2.24, 2.45) is 0 Å². The van der Waals surface area contributed by atoms with E-state index in [9.17, 15) is 10.2 Å². The molecule has 2 rings (SSSR count). The van der Waals surface area contributed by atoms with E-state index in [1.807, 2.05) is 18.2 Å². The number of benzene rings is 1. The SMILES string of the molecule is COc1cccc2c1CCCC2(CO)CO. The maximum absolute atomic E-state index is 9.55. The lowest BCUT2D eigenvalue weighted by Gasteiger charge is -2.36. The summed E-state index contributed by atoms with van der Waals surface area (Å²) in [7, 11) is 1.66. The van der Waals surface area contributed by atoms with Crippen molar-refractivity contribution in [3.05, 3.63) is 29.3 Å². The van der Waals surface area contributed by atoms with Gasteiger partial charge in [0, 0.05) is 5.41 Å². The highest BCUT2D eigenvalue weighted by Crippen LogP contribution is 2.40. The third-order valence-corrected chi connectivity index (χ3v) is 3.61. The molecule has 88 valence electrons. The Kier molecular flexibility index (Phi) is 3.17. The van der Waals surface area contributed by atoms with Crippen molar-refractivity contribution >= 4 is 0 Å². The zero-order valence-corrected chi connectivity index (χ0v) is 9.57. The van der Waals surface area contributed by atoms with Gasteiger partial charge in [-0.15, -0.1) is 0 Å². The average molecular weight is 222 g/mol. The predicted molar refractivity (Wildman–Crippen MR) is 61.8 cm³/mol. The van der Waals surface area contributed by atoms with Gasteiger partial charge in [0.2, 0.25) is 0 Å². The highest BCUT2D eigenvalue weighted by molar-refractivity contribution is 5.46. The fraction of sp³-hybridized carbons (Fsp3) is 0.538. The lowest BCUT2D eigenvalue weighted by Crippen LogP contribution is -2.38. The molecule has 1 aromatic carbocycles. The van der Waals surface area contributed by atoms with Crippen LogP contribution in [0.4, 0.5) is 0 Å². The van der Waals surface area contributed by atoms with Gasteiger partial charge in [-0.1, -0.05) is 12.1 Å². The third kappa shape index (κ3) is 1.60. The minimum atomic E-state index is -0.484. The summed E-state index contributed by atoms with van der Waals surface area (Å²) in [4.78, 5) is 0. The monoisotopic (exact) mass is 222 g/mol. The largest absolute Gasteiger partial charge is 0.496 e. The quantitative estimate of drug-likeness (QED) is 0.809. The Morgan fingerprint density at radius 3 is 2.69 bits per heavy atom. The van der Waals surface area contributed by atoms with E-state index in [2.05, 4.69) is 0 Å². The van der Waals surface area contributed by atoms with Crippen LogP contribution in [0.1, 0.15) is 24.0 Å². The molecule has 16 heavy (non-hydrogen) atoms. The van der Waals surface area contributed by atoms with Crippen molar-refractivity contribution in [2.45, 2.75) is 24.7 Å². The van der Waals surface area contributed by atoms with E-state index >= 15 is 0 Å². The summed E-state index contributed by atoms with van der Waals surface area (Å²) in [6, 6.07) is 5.84. The Hall–Kier alpha value is -1.06.